The van der Waals surface area contributed by atoms with Gasteiger partial charge in [-0.2, -0.15) is 12.6 Å². The third-order valence-electron chi connectivity index (χ3n) is 8.25. The van der Waals surface area contributed by atoms with Crippen LogP contribution in [0.2, 0.25) is 0 Å². The molecule has 0 fully saturated rings. The van der Waals surface area contributed by atoms with Crippen molar-refractivity contribution in [2.45, 2.75) is 64.3 Å². The minimum Gasteiger partial charge on any atom is -0.458 e. The number of aromatic nitrogens is 2. The number of Topliss-reactive ketones (excluding diaryl/α,β-unsaturated/α-hetero) is 1. The fourth-order valence-corrected chi connectivity index (χ4v) is 6.29. The first-order chi connectivity index (χ1) is 18.6. The molecule has 3 aliphatic rings. The lowest BCUT2D eigenvalue weighted by molar-refractivity contribution is -0.172. The molecule has 2 aliphatic heterocycles. The highest BCUT2D eigenvalue weighted by Gasteiger charge is 2.46. The maximum Gasteiger partial charge on any atom is 0.343 e. The van der Waals surface area contributed by atoms with E-state index in [4.69, 9.17) is 9.72 Å². The van der Waals surface area contributed by atoms with Crippen molar-refractivity contribution in [3.05, 3.63) is 61.7 Å². The van der Waals surface area contributed by atoms with Gasteiger partial charge in [-0.3, -0.25) is 14.4 Å². The number of aryl methyl sites for hydroxylation is 1. The second-order valence-electron chi connectivity index (χ2n) is 10.3. The average Bonchev–Trinajstić information content (AvgIpc) is 3.28. The van der Waals surface area contributed by atoms with Crippen LogP contribution in [0.4, 0.5) is 4.39 Å². The molecule has 0 bridgehead atoms. The zero-order valence-corrected chi connectivity index (χ0v) is 22.3. The molecule has 1 aliphatic carbocycles. The summed E-state index contributed by atoms with van der Waals surface area (Å²) in [4.78, 5) is 55.5. The summed E-state index contributed by atoms with van der Waals surface area (Å²) < 4.78 is 21.6. The zero-order chi connectivity index (χ0) is 27.8. The number of carbonyl (C=O) groups excluding carboxylic acids is 3. The van der Waals surface area contributed by atoms with E-state index < -0.39 is 34.9 Å². The number of pyridine rings is 2. The number of aliphatic hydroxyl groups is 1. The SMILES string of the molecule is CC[C@@]1(O)C(=O)OCc2c1cc1n(c2=O)Cc2c-1nc1cc(F)c(C)c3c1c2[C@@H](NC(=O)CC(=O)CS)CC3. The lowest BCUT2D eigenvalue weighted by atomic mass is 9.81. The number of cyclic esters (lactones) is 1. The summed E-state index contributed by atoms with van der Waals surface area (Å²) >= 11 is 3.95. The quantitative estimate of drug-likeness (QED) is 0.198. The summed E-state index contributed by atoms with van der Waals surface area (Å²) in [6.45, 7) is 3.23. The van der Waals surface area contributed by atoms with Crippen molar-refractivity contribution in [2.24, 2.45) is 0 Å². The van der Waals surface area contributed by atoms with E-state index in [1.165, 1.54) is 10.6 Å². The van der Waals surface area contributed by atoms with E-state index in [1.807, 2.05) is 0 Å². The highest BCUT2D eigenvalue weighted by atomic mass is 32.1. The monoisotopic (exact) mass is 551 g/mol. The number of halogens is 1. The molecule has 0 saturated heterocycles. The molecular formula is C28H26FN3O6S. The number of rotatable bonds is 5. The van der Waals surface area contributed by atoms with Gasteiger partial charge in [0.15, 0.2) is 11.4 Å². The Bertz CT molecular complexity index is 1700. The van der Waals surface area contributed by atoms with Gasteiger partial charge in [-0.25, -0.2) is 14.2 Å². The van der Waals surface area contributed by atoms with Gasteiger partial charge in [-0.05, 0) is 48.9 Å². The summed E-state index contributed by atoms with van der Waals surface area (Å²) in [7, 11) is 0. The largest absolute Gasteiger partial charge is 0.458 e. The summed E-state index contributed by atoms with van der Waals surface area (Å²) in [5, 5.41) is 14.9. The Morgan fingerprint density at radius 1 is 1.28 bits per heavy atom. The number of fused-ring (bicyclic) bond motifs is 5. The van der Waals surface area contributed by atoms with Gasteiger partial charge >= 0.3 is 5.97 Å². The van der Waals surface area contributed by atoms with Gasteiger partial charge in [0.05, 0.1) is 41.5 Å². The van der Waals surface area contributed by atoms with Crippen molar-refractivity contribution in [3.8, 4) is 11.4 Å². The van der Waals surface area contributed by atoms with Crippen molar-refractivity contribution < 1.29 is 28.6 Å². The standard InChI is InChI=1S/C28H26FN3O6S/c1-3-28(37)17-7-21-25-15(9-32(21)26(35)16(17)10-38-27(28)36)24-19(30-22(34)6-13(33)11-39)5-4-14-12(2)18(29)8-20(31-25)23(14)24/h7-8,19,37,39H,3-6,9-11H2,1-2H3,(H,30,34)/t19-,28-/m0/s1. The number of nitrogens with zero attached hydrogens (tertiary/aromatic N) is 2. The van der Waals surface area contributed by atoms with Crippen LogP contribution in [0.15, 0.2) is 16.9 Å². The smallest absolute Gasteiger partial charge is 0.343 e. The highest BCUT2D eigenvalue weighted by Crippen LogP contribution is 2.45. The summed E-state index contributed by atoms with van der Waals surface area (Å²) in [5.74, 6) is -2.01. The Morgan fingerprint density at radius 3 is 2.77 bits per heavy atom. The molecule has 202 valence electrons. The fraction of sp³-hybridized carbons (Fsp3) is 0.393. The van der Waals surface area contributed by atoms with Crippen LogP contribution >= 0.6 is 12.6 Å². The number of thiol groups is 1. The van der Waals surface area contributed by atoms with Crippen molar-refractivity contribution >= 4 is 41.2 Å². The Hall–Kier alpha value is -3.57. The van der Waals surface area contributed by atoms with Crippen LogP contribution in [0.25, 0.3) is 22.3 Å². The van der Waals surface area contributed by atoms with Crippen molar-refractivity contribution in [1.29, 1.82) is 0 Å². The molecular weight excluding hydrogens is 525 g/mol. The third kappa shape index (κ3) is 3.66. The van der Waals surface area contributed by atoms with Gasteiger partial charge in [0.25, 0.3) is 5.56 Å². The molecule has 2 N–H and O–H groups in total. The van der Waals surface area contributed by atoms with E-state index in [0.717, 1.165) is 16.5 Å². The molecule has 2 atom stereocenters. The van der Waals surface area contributed by atoms with Gasteiger partial charge in [-0.15, -0.1) is 0 Å². The number of carbonyl (C=O) groups is 3. The van der Waals surface area contributed by atoms with Crippen LogP contribution in [0.3, 0.4) is 0 Å². The molecule has 0 spiro atoms. The summed E-state index contributed by atoms with van der Waals surface area (Å²) in [5.41, 5.74) is 1.97. The second kappa shape index (κ2) is 8.99. The number of hydrogen-bond donors (Lipinski definition) is 3. The lowest BCUT2D eigenvalue weighted by Gasteiger charge is -2.31. The van der Waals surface area contributed by atoms with Gasteiger partial charge in [0, 0.05) is 28.3 Å². The minimum atomic E-state index is -1.97. The van der Waals surface area contributed by atoms with Gasteiger partial charge < -0.3 is 19.7 Å². The highest BCUT2D eigenvalue weighted by molar-refractivity contribution is 7.81. The first kappa shape index (κ1) is 25.7. The number of esters is 1. The molecule has 0 unspecified atom stereocenters. The molecule has 39 heavy (non-hydrogen) atoms. The van der Waals surface area contributed by atoms with E-state index in [-0.39, 0.29) is 48.7 Å². The first-order valence-electron chi connectivity index (χ1n) is 12.8. The maximum absolute atomic E-state index is 15.0. The molecule has 1 aromatic carbocycles. The zero-order valence-electron chi connectivity index (χ0n) is 21.4. The predicted octanol–water partition coefficient (Wildman–Crippen LogP) is 2.52. The summed E-state index contributed by atoms with van der Waals surface area (Å²) in [6, 6.07) is 2.47. The van der Waals surface area contributed by atoms with Crippen LogP contribution in [-0.4, -0.2) is 38.1 Å². The number of benzene rings is 1. The van der Waals surface area contributed by atoms with Crippen LogP contribution in [0, 0.1) is 12.7 Å². The van der Waals surface area contributed by atoms with Gasteiger partial charge in [-0.1, -0.05) is 6.92 Å². The van der Waals surface area contributed by atoms with Crippen molar-refractivity contribution in [3.63, 3.8) is 0 Å². The number of ether oxygens (including phenoxy) is 1. The third-order valence-corrected chi connectivity index (χ3v) is 8.60. The van der Waals surface area contributed by atoms with Crippen molar-refractivity contribution in [2.75, 3.05) is 5.75 Å². The topological polar surface area (TPSA) is 128 Å². The maximum atomic E-state index is 15.0. The molecule has 9 nitrogen and oxygen atoms in total. The Morgan fingerprint density at radius 2 is 2.05 bits per heavy atom. The molecule has 4 heterocycles. The lowest BCUT2D eigenvalue weighted by Crippen LogP contribution is -2.44. The molecule has 6 rings (SSSR count). The van der Waals surface area contributed by atoms with Gasteiger partial charge in [0.1, 0.15) is 12.4 Å². The molecule has 0 radical (unpaired) electrons. The number of ketones is 1. The first-order valence-corrected chi connectivity index (χ1v) is 13.5. The average molecular weight is 552 g/mol. The molecule has 11 heteroatoms. The van der Waals surface area contributed by atoms with Crippen LogP contribution in [0.5, 0.6) is 0 Å². The Balaban J connectivity index is 1.59. The van der Waals surface area contributed by atoms with E-state index >= 15 is 0 Å². The fourth-order valence-electron chi connectivity index (χ4n) is 6.18. The number of nitrogens with one attached hydrogen (secondary N) is 1. The van der Waals surface area contributed by atoms with Crippen LogP contribution in [-0.2, 0) is 44.3 Å². The summed E-state index contributed by atoms with van der Waals surface area (Å²) in [6.07, 6.45) is 0.687. The van der Waals surface area contributed by atoms with E-state index in [0.29, 0.717) is 40.9 Å². The van der Waals surface area contributed by atoms with Crippen LogP contribution < -0.4 is 10.9 Å². The Labute approximate surface area is 227 Å². The second-order valence-corrected chi connectivity index (χ2v) is 10.7. The molecule has 2 aromatic heterocycles. The molecule has 0 saturated carbocycles. The molecule has 1 amide bonds. The van der Waals surface area contributed by atoms with E-state index in [9.17, 15) is 28.7 Å². The predicted molar refractivity (Wildman–Crippen MR) is 142 cm³/mol. The number of amides is 1. The van der Waals surface area contributed by atoms with Crippen molar-refractivity contribution in [1.82, 2.24) is 14.9 Å². The number of hydrogen-bond acceptors (Lipinski definition) is 8. The van der Waals surface area contributed by atoms with Crippen LogP contribution in [0.1, 0.15) is 65.6 Å². The van der Waals surface area contributed by atoms with Gasteiger partial charge in [0.2, 0.25) is 5.91 Å². The normalized spacial score (nSPS) is 20.7. The Kier molecular flexibility index (Phi) is 5.92. The minimum absolute atomic E-state index is 0.0118. The van der Waals surface area contributed by atoms with E-state index in [2.05, 4.69) is 17.9 Å². The van der Waals surface area contributed by atoms with E-state index in [1.54, 1.807) is 19.9 Å². The molecule has 3 aromatic rings.